The van der Waals surface area contributed by atoms with Gasteiger partial charge in [-0.1, -0.05) is 30.3 Å². The number of benzene rings is 2. The summed E-state index contributed by atoms with van der Waals surface area (Å²) in [5, 5.41) is 29.5. The molecule has 0 spiro atoms. The monoisotopic (exact) mass is 300 g/mol. The fraction of sp³-hybridized carbons (Fsp3) is 0.0556. The fourth-order valence-electron chi connectivity index (χ4n) is 1.85. The van der Waals surface area contributed by atoms with Crippen LogP contribution >= 0.6 is 0 Å². The third kappa shape index (κ3) is 4.36. The molecule has 0 bridgehead atoms. The van der Waals surface area contributed by atoms with Gasteiger partial charge in [0.2, 0.25) is 0 Å². The maximum absolute atomic E-state index is 9.04. The summed E-state index contributed by atoms with van der Waals surface area (Å²) in [6.45, 7) is 0.370. The molecule has 5 heteroatoms. The summed E-state index contributed by atoms with van der Waals surface area (Å²) in [4.78, 5) is 0. The van der Waals surface area contributed by atoms with E-state index < -0.39 is 0 Å². The molecular weight excluding hydrogens is 288 g/mol. The van der Waals surface area contributed by atoms with Crippen LogP contribution in [0, 0.1) is 34.0 Å². The van der Waals surface area contributed by atoms with Crippen LogP contribution in [0.5, 0.6) is 5.75 Å². The van der Waals surface area contributed by atoms with Crippen LogP contribution in [0.1, 0.15) is 5.56 Å². The zero-order chi connectivity index (χ0) is 16.5. The first-order chi connectivity index (χ1) is 11.3. The number of ether oxygens (including phenoxy) is 1. The van der Waals surface area contributed by atoms with Crippen LogP contribution < -0.4 is 10.1 Å². The second-order valence-corrected chi connectivity index (χ2v) is 4.51. The molecule has 1 N–H and O–H groups in total. The van der Waals surface area contributed by atoms with Crippen molar-refractivity contribution in [3.05, 3.63) is 71.4 Å². The first-order valence-electron chi connectivity index (χ1n) is 6.75. The lowest BCUT2D eigenvalue weighted by atomic mass is 10.2. The van der Waals surface area contributed by atoms with Gasteiger partial charge in [0.25, 0.3) is 0 Å². The van der Waals surface area contributed by atoms with Crippen molar-refractivity contribution in [2.24, 2.45) is 0 Å². The second-order valence-electron chi connectivity index (χ2n) is 4.51. The molecule has 0 aromatic heterocycles. The smallest absolute Gasteiger partial charge is 0.163 e. The molecule has 110 valence electrons. The summed E-state index contributed by atoms with van der Waals surface area (Å²) in [5.41, 5.74) is 1.18. The second kappa shape index (κ2) is 7.88. The minimum absolute atomic E-state index is 0.0730. The fourth-order valence-corrected chi connectivity index (χ4v) is 1.85. The largest absolute Gasteiger partial charge is 0.489 e. The van der Waals surface area contributed by atoms with E-state index in [1.807, 2.05) is 42.5 Å². The van der Waals surface area contributed by atoms with Crippen molar-refractivity contribution in [2.45, 2.75) is 6.61 Å². The van der Waals surface area contributed by atoms with Crippen LogP contribution in [0.2, 0.25) is 0 Å². The van der Waals surface area contributed by atoms with Gasteiger partial charge in [0, 0.05) is 5.69 Å². The van der Waals surface area contributed by atoms with Crippen LogP contribution in [-0.2, 0) is 6.61 Å². The first-order valence-corrected chi connectivity index (χ1v) is 6.75. The van der Waals surface area contributed by atoms with E-state index in [0.29, 0.717) is 12.3 Å². The van der Waals surface area contributed by atoms with Crippen molar-refractivity contribution >= 4 is 5.69 Å². The summed E-state index contributed by atoms with van der Waals surface area (Å²) in [7, 11) is 0. The molecule has 0 saturated carbocycles. The highest BCUT2D eigenvalue weighted by Gasteiger charge is 2.06. The molecule has 5 nitrogen and oxygen atoms in total. The lowest BCUT2D eigenvalue weighted by Crippen LogP contribution is -2.02. The Hall–Kier alpha value is -3.75. The Labute approximate surface area is 134 Å². The van der Waals surface area contributed by atoms with Crippen molar-refractivity contribution in [1.29, 1.82) is 15.8 Å². The van der Waals surface area contributed by atoms with Crippen molar-refractivity contribution in [1.82, 2.24) is 0 Å². The molecule has 23 heavy (non-hydrogen) atoms. The molecule has 0 aliphatic heterocycles. The highest BCUT2D eigenvalue weighted by molar-refractivity contribution is 5.58. The molecule has 0 radical (unpaired) electrons. The van der Waals surface area contributed by atoms with Gasteiger partial charge >= 0.3 is 0 Å². The van der Waals surface area contributed by atoms with Gasteiger partial charge in [-0.2, -0.15) is 15.8 Å². The number of para-hydroxylation sites is 1. The first kappa shape index (κ1) is 15.6. The van der Waals surface area contributed by atoms with E-state index in [1.165, 1.54) is 0 Å². The standard InChI is InChI=1S/C18H12N4O/c19-10-15(11-20)18(12-21)22-16-6-4-5-14(9-16)13-23-17-7-2-1-3-8-17/h1-9,22H,13H2. The van der Waals surface area contributed by atoms with Gasteiger partial charge < -0.3 is 10.1 Å². The molecule has 0 unspecified atom stereocenters. The van der Waals surface area contributed by atoms with Gasteiger partial charge in [-0.3, -0.25) is 0 Å². The molecule has 0 fully saturated rings. The van der Waals surface area contributed by atoms with E-state index in [9.17, 15) is 0 Å². The van der Waals surface area contributed by atoms with Gasteiger partial charge in [-0.25, -0.2) is 0 Å². The molecule has 2 rings (SSSR count). The SMILES string of the molecule is N#CC(C#N)=C(C#N)Nc1cccc(COc2ccccc2)c1. The molecule has 0 aliphatic carbocycles. The maximum atomic E-state index is 9.04. The quantitative estimate of drug-likeness (QED) is 0.853. The van der Waals surface area contributed by atoms with Crippen LogP contribution in [0.25, 0.3) is 0 Å². The highest BCUT2D eigenvalue weighted by Crippen LogP contribution is 2.17. The van der Waals surface area contributed by atoms with Gasteiger partial charge in [0.1, 0.15) is 36.3 Å². The molecule has 0 atom stereocenters. The maximum Gasteiger partial charge on any atom is 0.163 e. The van der Waals surface area contributed by atoms with E-state index in [4.69, 9.17) is 20.5 Å². The number of hydrogen-bond donors (Lipinski definition) is 1. The zero-order valence-electron chi connectivity index (χ0n) is 12.2. The number of nitrogens with zero attached hydrogens (tertiary/aromatic N) is 3. The molecule has 0 saturated heterocycles. The summed E-state index contributed by atoms with van der Waals surface area (Å²) in [5.74, 6) is 0.764. The van der Waals surface area contributed by atoms with Crippen molar-refractivity contribution in [2.75, 3.05) is 5.32 Å². The molecule has 0 amide bonds. The summed E-state index contributed by atoms with van der Waals surface area (Å²) in [6.07, 6.45) is 0. The summed E-state index contributed by atoms with van der Waals surface area (Å²) in [6, 6.07) is 21.9. The number of anilines is 1. The lowest BCUT2D eigenvalue weighted by molar-refractivity contribution is 0.306. The molecule has 2 aromatic rings. The number of hydrogen-bond acceptors (Lipinski definition) is 5. The normalized spacial score (nSPS) is 8.91. The minimum atomic E-state index is -0.251. The Balaban J connectivity index is 2.12. The van der Waals surface area contributed by atoms with E-state index in [1.54, 1.807) is 30.3 Å². The van der Waals surface area contributed by atoms with Gasteiger partial charge in [0.05, 0.1) is 0 Å². The average Bonchev–Trinajstić information content (AvgIpc) is 2.61. The van der Waals surface area contributed by atoms with Gasteiger partial charge in [-0.15, -0.1) is 0 Å². The van der Waals surface area contributed by atoms with E-state index in [2.05, 4.69) is 5.32 Å². The van der Waals surface area contributed by atoms with Crippen LogP contribution in [0.15, 0.2) is 65.9 Å². The van der Waals surface area contributed by atoms with Crippen molar-refractivity contribution < 1.29 is 4.74 Å². The van der Waals surface area contributed by atoms with Gasteiger partial charge in [0.15, 0.2) is 5.57 Å². The Morgan fingerprint density at radius 2 is 1.65 bits per heavy atom. The summed E-state index contributed by atoms with van der Waals surface area (Å²) < 4.78 is 5.66. The summed E-state index contributed by atoms with van der Waals surface area (Å²) >= 11 is 0. The third-order valence-corrected chi connectivity index (χ3v) is 2.93. The average molecular weight is 300 g/mol. The Kier molecular flexibility index (Phi) is 5.36. The van der Waals surface area contributed by atoms with E-state index in [-0.39, 0.29) is 11.3 Å². The molecular formula is C18H12N4O. The molecule has 0 aliphatic rings. The number of rotatable bonds is 5. The Morgan fingerprint density at radius 1 is 0.913 bits per heavy atom. The molecule has 2 aromatic carbocycles. The molecule has 0 heterocycles. The zero-order valence-corrected chi connectivity index (χ0v) is 12.2. The number of nitriles is 3. The van der Waals surface area contributed by atoms with Crippen LogP contribution in [0.4, 0.5) is 5.69 Å². The van der Waals surface area contributed by atoms with E-state index >= 15 is 0 Å². The highest BCUT2D eigenvalue weighted by atomic mass is 16.5. The topological polar surface area (TPSA) is 92.6 Å². The number of nitrogens with one attached hydrogen (secondary N) is 1. The number of allylic oxidation sites excluding steroid dienone is 2. The van der Waals surface area contributed by atoms with Crippen LogP contribution in [-0.4, -0.2) is 0 Å². The Bertz CT molecular complexity index is 820. The van der Waals surface area contributed by atoms with Crippen molar-refractivity contribution in [3.8, 4) is 24.0 Å². The Morgan fingerprint density at radius 3 is 2.30 bits per heavy atom. The third-order valence-electron chi connectivity index (χ3n) is 2.93. The van der Waals surface area contributed by atoms with Crippen molar-refractivity contribution in [3.63, 3.8) is 0 Å². The van der Waals surface area contributed by atoms with Crippen LogP contribution in [0.3, 0.4) is 0 Å². The minimum Gasteiger partial charge on any atom is -0.489 e. The lowest BCUT2D eigenvalue weighted by Gasteiger charge is -2.09. The predicted molar refractivity (Wildman–Crippen MR) is 84.7 cm³/mol. The van der Waals surface area contributed by atoms with Gasteiger partial charge in [-0.05, 0) is 29.8 Å². The van der Waals surface area contributed by atoms with E-state index in [0.717, 1.165) is 11.3 Å². The predicted octanol–water partition coefficient (Wildman–Crippen LogP) is 3.50.